The summed E-state index contributed by atoms with van der Waals surface area (Å²) in [5, 5.41) is 2.75. The molecule has 0 heterocycles. The van der Waals surface area contributed by atoms with Crippen LogP contribution in [-0.4, -0.2) is 20.9 Å². The first-order valence-electron chi connectivity index (χ1n) is 7.95. The van der Waals surface area contributed by atoms with E-state index in [9.17, 15) is 17.6 Å². The Kier molecular flexibility index (Phi) is 6.14. The molecule has 2 rings (SSSR count). The second-order valence-corrected chi connectivity index (χ2v) is 7.73. The van der Waals surface area contributed by atoms with E-state index in [1.165, 1.54) is 42.5 Å². The predicted molar refractivity (Wildman–Crippen MR) is 95.4 cm³/mol. The fourth-order valence-corrected chi connectivity index (χ4v) is 3.24. The molecule has 0 aliphatic carbocycles. The van der Waals surface area contributed by atoms with E-state index < -0.39 is 15.8 Å². The molecule has 2 N–H and O–H groups in total. The van der Waals surface area contributed by atoms with Gasteiger partial charge in [0.2, 0.25) is 0 Å². The van der Waals surface area contributed by atoms with Gasteiger partial charge in [0.15, 0.2) is 0 Å². The van der Waals surface area contributed by atoms with Crippen LogP contribution >= 0.6 is 0 Å². The van der Waals surface area contributed by atoms with Crippen molar-refractivity contribution in [3.63, 3.8) is 0 Å². The third-order valence-corrected chi connectivity index (χ3v) is 4.90. The number of rotatable bonds is 7. The van der Waals surface area contributed by atoms with Crippen molar-refractivity contribution < 1.29 is 17.6 Å². The second kappa shape index (κ2) is 8.11. The minimum Gasteiger partial charge on any atom is -0.352 e. The number of hydrogen-bond acceptors (Lipinski definition) is 3. The highest BCUT2D eigenvalue weighted by Gasteiger charge is 2.18. The van der Waals surface area contributed by atoms with Crippen LogP contribution in [-0.2, 0) is 10.0 Å². The van der Waals surface area contributed by atoms with E-state index in [0.29, 0.717) is 12.5 Å². The zero-order valence-electron chi connectivity index (χ0n) is 14.1. The van der Waals surface area contributed by atoms with E-state index in [1.54, 1.807) is 0 Å². The van der Waals surface area contributed by atoms with Crippen LogP contribution in [0.1, 0.15) is 30.6 Å². The van der Waals surface area contributed by atoms with Crippen molar-refractivity contribution in [2.45, 2.75) is 25.2 Å². The van der Waals surface area contributed by atoms with Gasteiger partial charge in [0.1, 0.15) is 5.82 Å². The molecule has 25 heavy (non-hydrogen) atoms. The van der Waals surface area contributed by atoms with E-state index in [1.807, 2.05) is 13.8 Å². The molecule has 0 saturated carbocycles. The molecule has 5 nitrogen and oxygen atoms in total. The van der Waals surface area contributed by atoms with Crippen molar-refractivity contribution in [3.8, 4) is 0 Å². The van der Waals surface area contributed by atoms with Crippen LogP contribution in [0.2, 0.25) is 0 Å². The number of para-hydroxylation sites is 1. The first-order valence-corrected chi connectivity index (χ1v) is 9.43. The molecule has 1 amide bonds. The quantitative estimate of drug-likeness (QED) is 0.791. The normalized spacial score (nSPS) is 11.4. The molecule has 7 heteroatoms. The van der Waals surface area contributed by atoms with Crippen LogP contribution in [0, 0.1) is 11.7 Å². The van der Waals surface area contributed by atoms with Crippen molar-refractivity contribution in [2.75, 3.05) is 11.3 Å². The molecular weight excluding hydrogens is 343 g/mol. The maximum Gasteiger partial charge on any atom is 0.262 e. The highest BCUT2D eigenvalue weighted by Crippen LogP contribution is 2.19. The molecule has 0 saturated heterocycles. The summed E-state index contributed by atoms with van der Waals surface area (Å²) in [7, 11) is -4.00. The van der Waals surface area contributed by atoms with Gasteiger partial charge >= 0.3 is 0 Å². The number of anilines is 1. The first-order chi connectivity index (χ1) is 11.8. The molecule has 0 radical (unpaired) electrons. The van der Waals surface area contributed by atoms with E-state index in [-0.39, 0.29) is 22.1 Å². The standard InChI is InChI=1S/C18H21FN2O3S/c1-13(2)10-11-20-18(22)14-6-5-7-15(12-14)25(23,24)21-17-9-4-3-8-16(17)19/h3-9,12-13,21H,10-11H2,1-2H3,(H,20,22). The van der Waals surface area contributed by atoms with Gasteiger partial charge < -0.3 is 5.32 Å². The molecule has 0 bridgehead atoms. The van der Waals surface area contributed by atoms with Crippen molar-refractivity contribution in [1.29, 1.82) is 0 Å². The Bertz CT molecular complexity index is 851. The van der Waals surface area contributed by atoms with Gasteiger partial charge in [0.05, 0.1) is 10.6 Å². The van der Waals surface area contributed by atoms with Crippen molar-refractivity contribution >= 4 is 21.6 Å². The number of amides is 1. The van der Waals surface area contributed by atoms with Crippen LogP contribution in [0.15, 0.2) is 53.4 Å². The number of carbonyl (C=O) groups is 1. The topological polar surface area (TPSA) is 75.3 Å². The Labute approximate surface area is 147 Å². The van der Waals surface area contributed by atoms with Gasteiger partial charge in [0.25, 0.3) is 15.9 Å². The molecule has 0 atom stereocenters. The molecule has 0 aliphatic rings. The van der Waals surface area contributed by atoms with Gasteiger partial charge in [0, 0.05) is 12.1 Å². The third kappa shape index (κ3) is 5.29. The Morgan fingerprint density at radius 3 is 2.52 bits per heavy atom. The Morgan fingerprint density at radius 2 is 1.84 bits per heavy atom. The Hall–Kier alpha value is -2.41. The SMILES string of the molecule is CC(C)CCNC(=O)c1cccc(S(=O)(=O)Nc2ccccc2F)c1. The van der Waals surface area contributed by atoms with Gasteiger partial charge in [-0.15, -0.1) is 0 Å². The summed E-state index contributed by atoms with van der Waals surface area (Å²) >= 11 is 0. The molecule has 2 aromatic carbocycles. The molecule has 134 valence electrons. The summed E-state index contributed by atoms with van der Waals surface area (Å²) in [6.45, 7) is 4.61. The molecule has 0 spiro atoms. The van der Waals surface area contributed by atoms with Gasteiger partial charge in [-0.1, -0.05) is 32.0 Å². The molecule has 0 fully saturated rings. The smallest absolute Gasteiger partial charge is 0.262 e. The van der Waals surface area contributed by atoms with Crippen molar-refractivity contribution in [1.82, 2.24) is 5.32 Å². The average molecular weight is 364 g/mol. The van der Waals surface area contributed by atoms with Gasteiger partial charge in [-0.05, 0) is 42.7 Å². The van der Waals surface area contributed by atoms with Crippen LogP contribution in [0.4, 0.5) is 10.1 Å². The fraction of sp³-hybridized carbons (Fsp3) is 0.278. The lowest BCUT2D eigenvalue weighted by molar-refractivity contribution is 0.0952. The van der Waals surface area contributed by atoms with Gasteiger partial charge in [-0.3, -0.25) is 9.52 Å². The fourth-order valence-electron chi connectivity index (χ4n) is 2.13. The van der Waals surface area contributed by atoms with E-state index in [2.05, 4.69) is 10.0 Å². The van der Waals surface area contributed by atoms with E-state index in [4.69, 9.17) is 0 Å². The molecule has 0 aliphatic heterocycles. The minimum absolute atomic E-state index is 0.104. The third-order valence-electron chi connectivity index (χ3n) is 3.53. The summed E-state index contributed by atoms with van der Waals surface area (Å²) < 4.78 is 40.7. The van der Waals surface area contributed by atoms with Crippen molar-refractivity contribution in [3.05, 3.63) is 59.9 Å². The van der Waals surface area contributed by atoms with Gasteiger partial charge in [-0.25, -0.2) is 12.8 Å². The molecule has 2 aromatic rings. The number of sulfonamides is 1. The largest absolute Gasteiger partial charge is 0.352 e. The van der Waals surface area contributed by atoms with Crippen LogP contribution in [0.3, 0.4) is 0 Å². The average Bonchev–Trinajstić information content (AvgIpc) is 2.56. The number of benzene rings is 2. The van der Waals surface area contributed by atoms with E-state index >= 15 is 0 Å². The highest BCUT2D eigenvalue weighted by atomic mass is 32.2. The molecule has 0 aromatic heterocycles. The predicted octanol–water partition coefficient (Wildman–Crippen LogP) is 3.40. The highest BCUT2D eigenvalue weighted by molar-refractivity contribution is 7.92. The molecule has 0 unspecified atom stereocenters. The lowest BCUT2D eigenvalue weighted by Gasteiger charge is -2.11. The maximum atomic E-state index is 13.7. The summed E-state index contributed by atoms with van der Waals surface area (Å²) in [5.74, 6) is -0.561. The van der Waals surface area contributed by atoms with E-state index in [0.717, 1.165) is 12.5 Å². The second-order valence-electron chi connectivity index (χ2n) is 6.05. The van der Waals surface area contributed by atoms with Crippen LogP contribution < -0.4 is 10.0 Å². The van der Waals surface area contributed by atoms with Gasteiger partial charge in [-0.2, -0.15) is 0 Å². The minimum atomic E-state index is -4.00. The number of hydrogen-bond donors (Lipinski definition) is 2. The summed E-state index contributed by atoms with van der Waals surface area (Å²) in [6.07, 6.45) is 0.832. The summed E-state index contributed by atoms with van der Waals surface area (Å²) in [6, 6.07) is 11.1. The van der Waals surface area contributed by atoms with Crippen LogP contribution in [0.25, 0.3) is 0 Å². The zero-order valence-corrected chi connectivity index (χ0v) is 14.9. The van der Waals surface area contributed by atoms with Crippen molar-refractivity contribution in [2.24, 2.45) is 5.92 Å². The summed E-state index contributed by atoms with van der Waals surface area (Å²) in [5.41, 5.74) is 0.0921. The lowest BCUT2D eigenvalue weighted by Crippen LogP contribution is -2.25. The zero-order chi connectivity index (χ0) is 18.4. The maximum absolute atomic E-state index is 13.7. The first kappa shape index (κ1) is 18.9. The Morgan fingerprint density at radius 1 is 1.12 bits per heavy atom. The Balaban J connectivity index is 2.17. The number of nitrogens with one attached hydrogen (secondary N) is 2. The number of halogens is 1. The molecular formula is C18H21FN2O3S. The summed E-state index contributed by atoms with van der Waals surface area (Å²) in [4.78, 5) is 12.0. The van der Waals surface area contributed by atoms with Crippen LogP contribution in [0.5, 0.6) is 0 Å². The number of carbonyl (C=O) groups excluding carboxylic acids is 1. The monoisotopic (exact) mass is 364 g/mol. The lowest BCUT2D eigenvalue weighted by atomic mass is 10.1.